The number of Topliss-reactive ketones (excluding diaryl/α,β-unsaturated/α-hetero) is 1. The maximum atomic E-state index is 13.1. The van der Waals surface area contributed by atoms with Crippen molar-refractivity contribution in [3.05, 3.63) is 65.5 Å². The molecule has 0 radical (unpaired) electrons. The molecule has 0 saturated heterocycles. The number of sulfonamides is 1. The van der Waals surface area contributed by atoms with Gasteiger partial charge in [-0.2, -0.15) is 0 Å². The summed E-state index contributed by atoms with van der Waals surface area (Å²) in [5, 5.41) is 2.63. The third-order valence-electron chi connectivity index (χ3n) is 3.57. The lowest BCUT2D eigenvalue weighted by atomic mass is 10.0. The Balaban J connectivity index is 2.16. The van der Waals surface area contributed by atoms with Crippen LogP contribution in [0.4, 0.5) is 10.1 Å². The molecule has 2 rings (SSSR count). The predicted octanol–water partition coefficient (Wildman–Crippen LogP) is 2.65. The van der Waals surface area contributed by atoms with Gasteiger partial charge in [-0.15, -0.1) is 0 Å². The zero-order valence-electron chi connectivity index (χ0n) is 14.3. The van der Waals surface area contributed by atoms with Gasteiger partial charge >= 0.3 is 0 Å². The Morgan fingerprint density at radius 2 is 1.77 bits per heavy atom. The Morgan fingerprint density at radius 1 is 1.12 bits per heavy atom. The van der Waals surface area contributed by atoms with Crippen molar-refractivity contribution in [2.75, 3.05) is 11.6 Å². The lowest BCUT2D eigenvalue weighted by molar-refractivity contribution is -0.116. The van der Waals surface area contributed by atoms with Crippen LogP contribution in [0.3, 0.4) is 0 Å². The van der Waals surface area contributed by atoms with E-state index in [0.29, 0.717) is 16.8 Å². The van der Waals surface area contributed by atoms with E-state index in [2.05, 4.69) is 10.0 Å². The number of ketones is 1. The summed E-state index contributed by atoms with van der Waals surface area (Å²) in [7, 11) is -3.59. The lowest BCUT2D eigenvalue weighted by Crippen LogP contribution is -2.30. The second-order valence-electron chi connectivity index (χ2n) is 5.88. The van der Waals surface area contributed by atoms with E-state index in [4.69, 9.17) is 0 Å². The van der Waals surface area contributed by atoms with Gasteiger partial charge in [-0.25, -0.2) is 17.5 Å². The Labute approximate surface area is 151 Å². The number of rotatable bonds is 7. The molecular weight excluding hydrogens is 359 g/mol. The van der Waals surface area contributed by atoms with Gasteiger partial charge in [-0.3, -0.25) is 9.59 Å². The summed E-state index contributed by atoms with van der Waals surface area (Å²) in [5.41, 5.74) is 1.34. The van der Waals surface area contributed by atoms with Gasteiger partial charge < -0.3 is 5.32 Å². The van der Waals surface area contributed by atoms with Crippen molar-refractivity contribution in [3.63, 3.8) is 0 Å². The molecule has 0 aliphatic carbocycles. The van der Waals surface area contributed by atoms with E-state index in [1.807, 2.05) is 0 Å². The van der Waals surface area contributed by atoms with Crippen LogP contribution >= 0.6 is 0 Å². The van der Waals surface area contributed by atoms with Gasteiger partial charge in [0.15, 0.2) is 5.78 Å². The van der Waals surface area contributed by atoms with Crippen LogP contribution in [-0.4, -0.2) is 26.4 Å². The molecule has 0 aliphatic heterocycles. The molecular formula is C18H19FN2O4S. The first-order chi connectivity index (χ1) is 12.1. The number of nitrogens with one attached hydrogen (secondary N) is 2. The van der Waals surface area contributed by atoms with Gasteiger partial charge in [0, 0.05) is 17.7 Å². The summed E-state index contributed by atoms with van der Waals surface area (Å²) >= 11 is 0. The minimum absolute atomic E-state index is 0.135. The molecule has 0 bridgehead atoms. The average Bonchev–Trinajstić information content (AvgIpc) is 2.53. The van der Waals surface area contributed by atoms with Crippen LogP contribution in [0.25, 0.3) is 0 Å². The van der Waals surface area contributed by atoms with Gasteiger partial charge in [-0.1, -0.05) is 24.3 Å². The number of hydrogen-bond acceptors (Lipinski definition) is 4. The molecule has 0 aromatic heterocycles. The zero-order valence-corrected chi connectivity index (χ0v) is 15.1. The van der Waals surface area contributed by atoms with Crippen molar-refractivity contribution in [1.29, 1.82) is 0 Å². The number of anilines is 1. The Kier molecular flexibility index (Phi) is 6.23. The van der Waals surface area contributed by atoms with E-state index in [-0.39, 0.29) is 12.2 Å². The van der Waals surface area contributed by atoms with Gasteiger partial charge in [0.2, 0.25) is 15.9 Å². The summed E-state index contributed by atoms with van der Waals surface area (Å²) in [4.78, 5) is 23.7. The van der Waals surface area contributed by atoms with E-state index < -0.39 is 27.8 Å². The van der Waals surface area contributed by atoms with Crippen LogP contribution < -0.4 is 10.0 Å². The molecule has 2 N–H and O–H groups in total. The first-order valence-electron chi connectivity index (χ1n) is 7.77. The van der Waals surface area contributed by atoms with E-state index >= 15 is 0 Å². The number of carbonyl (C=O) groups excluding carboxylic acids is 2. The maximum absolute atomic E-state index is 13.1. The van der Waals surface area contributed by atoms with E-state index in [1.54, 1.807) is 18.2 Å². The van der Waals surface area contributed by atoms with Crippen LogP contribution in [0.15, 0.2) is 48.5 Å². The molecule has 2 aromatic rings. The van der Waals surface area contributed by atoms with Crippen molar-refractivity contribution in [2.45, 2.75) is 19.4 Å². The molecule has 1 atom stereocenters. The third-order valence-corrected chi connectivity index (χ3v) is 4.28. The summed E-state index contributed by atoms with van der Waals surface area (Å²) < 4.78 is 38.6. The van der Waals surface area contributed by atoms with E-state index in [0.717, 1.165) is 6.26 Å². The molecule has 2 aromatic carbocycles. The highest BCUT2D eigenvalue weighted by Crippen LogP contribution is 2.20. The fourth-order valence-electron chi connectivity index (χ4n) is 2.39. The first kappa shape index (κ1) is 19.7. The Hall–Kier alpha value is -2.58. The molecule has 0 aliphatic rings. The fourth-order valence-corrected chi connectivity index (χ4v) is 3.13. The number of carbonyl (C=O) groups is 2. The smallest absolute Gasteiger partial charge is 0.226 e. The molecule has 0 fully saturated rings. The second kappa shape index (κ2) is 8.20. The number of halogens is 1. The summed E-state index contributed by atoms with van der Waals surface area (Å²) in [6.45, 7) is 1.42. The maximum Gasteiger partial charge on any atom is 0.226 e. The average molecular weight is 378 g/mol. The summed E-state index contributed by atoms with van der Waals surface area (Å²) in [6, 6.07) is 10.8. The van der Waals surface area contributed by atoms with Gasteiger partial charge in [0.1, 0.15) is 5.82 Å². The Morgan fingerprint density at radius 3 is 2.35 bits per heavy atom. The molecule has 26 heavy (non-hydrogen) atoms. The lowest BCUT2D eigenvalue weighted by Gasteiger charge is -2.18. The molecule has 0 spiro atoms. The van der Waals surface area contributed by atoms with E-state index in [1.165, 1.54) is 37.3 Å². The highest BCUT2D eigenvalue weighted by molar-refractivity contribution is 7.88. The highest BCUT2D eigenvalue weighted by atomic mass is 32.2. The molecule has 0 heterocycles. The zero-order chi connectivity index (χ0) is 19.3. The van der Waals surface area contributed by atoms with Crippen molar-refractivity contribution < 1.29 is 22.4 Å². The second-order valence-corrected chi connectivity index (χ2v) is 7.66. The van der Waals surface area contributed by atoms with Crippen LogP contribution in [0.2, 0.25) is 0 Å². The highest BCUT2D eigenvalue weighted by Gasteiger charge is 2.20. The fraction of sp³-hybridized carbons (Fsp3) is 0.222. The predicted molar refractivity (Wildman–Crippen MR) is 96.8 cm³/mol. The van der Waals surface area contributed by atoms with Crippen molar-refractivity contribution in [1.82, 2.24) is 4.72 Å². The van der Waals surface area contributed by atoms with Crippen LogP contribution in [0, 0.1) is 5.82 Å². The standard InChI is InChI=1S/C18H19FN2O4S/c1-12(22)14-4-3-5-16(10-14)20-18(23)11-17(21-26(2,24)25)13-6-8-15(19)9-7-13/h3-10,17,21H,11H2,1-2H3,(H,20,23)/t17-/m0/s1. The molecule has 138 valence electrons. The molecule has 0 unspecified atom stereocenters. The van der Waals surface area contributed by atoms with Gasteiger partial charge in [-0.05, 0) is 36.8 Å². The largest absolute Gasteiger partial charge is 0.326 e. The van der Waals surface area contributed by atoms with Crippen LogP contribution in [-0.2, 0) is 14.8 Å². The van der Waals surface area contributed by atoms with Crippen LogP contribution in [0.5, 0.6) is 0 Å². The normalized spacial score (nSPS) is 12.4. The molecule has 8 heteroatoms. The van der Waals surface area contributed by atoms with Gasteiger partial charge in [0.05, 0.1) is 12.3 Å². The topological polar surface area (TPSA) is 92.3 Å². The minimum Gasteiger partial charge on any atom is -0.326 e. The molecule has 0 saturated carbocycles. The number of hydrogen-bond donors (Lipinski definition) is 2. The molecule has 1 amide bonds. The summed E-state index contributed by atoms with van der Waals surface area (Å²) in [5.74, 6) is -1.04. The number of amides is 1. The minimum atomic E-state index is -3.59. The third kappa shape index (κ3) is 6.05. The Bertz CT molecular complexity index is 911. The van der Waals surface area contributed by atoms with Crippen LogP contribution in [0.1, 0.15) is 35.3 Å². The van der Waals surface area contributed by atoms with Gasteiger partial charge in [0.25, 0.3) is 0 Å². The summed E-state index contributed by atoms with van der Waals surface area (Å²) in [6.07, 6.45) is 0.792. The molecule has 6 nitrogen and oxygen atoms in total. The van der Waals surface area contributed by atoms with Crippen molar-refractivity contribution in [3.8, 4) is 0 Å². The quantitative estimate of drug-likeness (QED) is 0.725. The SMILES string of the molecule is CC(=O)c1cccc(NC(=O)C[C@H](NS(C)(=O)=O)c2ccc(F)cc2)c1. The number of benzene rings is 2. The monoisotopic (exact) mass is 378 g/mol. The first-order valence-corrected chi connectivity index (χ1v) is 9.67. The van der Waals surface area contributed by atoms with Crippen molar-refractivity contribution >= 4 is 27.4 Å². The van der Waals surface area contributed by atoms with E-state index in [9.17, 15) is 22.4 Å². The van der Waals surface area contributed by atoms with Crippen molar-refractivity contribution in [2.24, 2.45) is 0 Å².